The van der Waals surface area contributed by atoms with Crippen molar-refractivity contribution in [1.82, 2.24) is 0 Å². The fourth-order valence-corrected chi connectivity index (χ4v) is 3.74. The lowest BCUT2D eigenvalue weighted by Crippen LogP contribution is -2.31. The summed E-state index contributed by atoms with van der Waals surface area (Å²) < 4.78 is 12.8. The molecule has 0 bridgehead atoms. The highest BCUT2D eigenvalue weighted by atomic mass is 16.7. The second-order valence-electron chi connectivity index (χ2n) is 8.34. The lowest BCUT2D eigenvalue weighted by molar-refractivity contribution is -0.113. The molecule has 3 unspecified atom stereocenters. The third-order valence-electron chi connectivity index (χ3n) is 5.77. The van der Waals surface area contributed by atoms with Crippen LogP contribution in [0.15, 0.2) is 84.9 Å². The van der Waals surface area contributed by atoms with Crippen LogP contribution >= 0.6 is 0 Å². The van der Waals surface area contributed by atoms with Gasteiger partial charge in [0.25, 0.3) is 0 Å². The van der Waals surface area contributed by atoms with Gasteiger partial charge < -0.3 is 9.47 Å². The molecule has 0 amide bonds. The molecule has 0 aromatic heterocycles. The number of rotatable bonds is 10. The predicted molar refractivity (Wildman–Crippen MR) is 125 cm³/mol. The molecular formula is C28H34O2. The molecule has 0 aliphatic carbocycles. The van der Waals surface area contributed by atoms with Crippen molar-refractivity contribution in [2.45, 2.75) is 58.8 Å². The molecule has 158 valence electrons. The van der Waals surface area contributed by atoms with Crippen LogP contribution in [0.4, 0.5) is 0 Å². The van der Waals surface area contributed by atoms with Gasteiger partial charge in [0.2, 0.25) is 6.29 Å². The summed E-state index contributed by atoms with van der Waals surface area (Å²) in [7, 11) is 0. The molecule has 0 heterocycles. The summed E-state index contributed by atoms with van der Waals surface area (Å²) in [5.74, 6) is 1.90. The summed E-state index contributed by atoms with van der Waals surface area (Å²) in [6.07, 6.45) is 0.758. The van der Waals surface area contributed by atoms with Crippen LogP contribution in [0, 0.1) is 5.92 Å². The molecule has 2 heteroatoms. The van der Waals surface area contributed by atoms with Crippen molar-refractivity contribution in [2.75, 3.05) is 0 Å². The van der Waals surface area contributed by atoms with E-state index in [0.29, 0.717) is 18.4 Å². The Morgan fingerprint density at radius 1 is 0.700 bits per heavy atom. The first-order valence-electron chi connectivity index (χ1n) is 11.1. The zero-order valence-electron chi connectivity index (χ0n) is 18.6. The van der Waals surface area contributed by atoms with Crippen LogP contribution in [-0.2, 0) is 11.3 Å². The van der Waals surface area contributed by atoms with Gasteiger partial charge >= 0.3 is 0 Å². The molecule has 0 radical (unpaired) electrons. The highest BCUT2D eigenvalue weighted by Gasteiger charge is 2.29. The van der Waals surface area contributed by atoms with E-state index in [4.69, 9.17) is 9.47 Å². The molecule has 3 aromatic rings. The second kappa shape index (κ2) is 11.0. The highest BCUT2D eigenvalue weighted by Crippen LogP contribution is 2.32. The monoisotopic (exact) mass is 402 g/mol. The van der Waals surface area contributed by atoms with Gasteiger partial charge in [-0.15, -0.1) is 0 Å². The van der Waals surface area contributed by atoms with Crippen LogP contribution in [0.2, 0.25) is 0 Å². The van der Waals surface area contributed by atoms with Gasteiger partial charge in [0.1, 0.15) is 5.75 Å². The molecular weight excluding hydrogens is 368 g/mol. The molecule has 0 aliphatic rings. The lowest BCUT2D eigenvalue weighted by atomic mass is 9.87. The van der Waals surface area contributed by atoms with Crippen molar-refractivity contribution >= 4 is 0 Å². The van der Waals surface area contributed by atoms with E-state index in [1.165, 1.54) is 11.1 Å². The summed E-state index contributed by atoms with van der Waals surface area (Å²) in [6.45, 7) is 9.45. The maximum Gasteiger partial charge on any atom is 0.207 e. The van der Waals surface area contributed by atoms with Crippen LogP contribution in [0.3, 0.4) is 0 Å². The summed E-state index contributed by atoms with van der Waals surface area (Å²) in [5, 5.41) is 0. The molecule has 3 atom stereocenters. The minimum atomic E-state index is -0.373. The van der Waals surface area contributed by atoms with Crippen molar-refractivity contribution < 1.29 is 9.47 Å². The van der Waals surface area contributed by atoms with Crippen LogP contribution < -0.4 is 4.74 Å². The molecule has 30 heavy (non-hydrogen) atoms. The normalized spacial score (nSPS) is 14.3. The van der Waals surface area contributed by atoms with E-state index in [1.54, 1.807) is 0 Å². The Labute approximate surface area is 181 Å². The molecule has 0 aliphatic heterocycles. The van der Waals surface area contributed by atoms with Gasteiger partial charge in [-0.2, -0.15) is 0 Å². The minimum Gasteiger partial charge on any atom is -0.464 e. The molecule has 0 spiro atoms. The summed E-state index contributed by atoms with van der Waals surface area (Å²) in [4.78, 5) is 0. The average molecular weight is 403 g/mol. The van der Waals surface area contributed by atoms with E-state index in [1.807, 2.05) is 18.2 Å². The molecule has 0 saturated heterocycles. The van der Waals surface area contributed by atoms with Crippen LogP contribution in [0.25, 0.3) is 0 Å². The van der Waals surface area contributed by atoms with E-state index in [0.717, 1.165) is 17.7 Å². The second-order valence-corrected chi connectivity index (χ2v) is 8.34. The zero-order valence-corrected chi connectivity index (χ0v) is 18.6. The van der Waals surface area contributed by atoms with Gasteiger partial charge in [0.05, 0.1) is 6.61 Å². The quantitative estimate of drug-likeness (QED) is 0.326. The van der Waals surface area contributed by atoms with E-state index >= 15 is 0 Å². The Hall–Kier alpha value is -2.58. The first-order chi connectivity index (χ1) is 14.6. The van der Waals surface area contributed by atoms with Crippen LogP contribution in [0.5, 0.6) is 5.75 Å². The summed E-state index contributed by atoms with van der Waals surface area (Å²) in [6, 6.07) is 29.3. The smallest absolute Gasteiger partial charge is 0.207 e. The maximum atomic E-state index is 6.46. The van der Waals surface area contributed by atoms with Crippen molar-refractivity contribution in [3.05, 3.63) is 102 Å². The van der Waals surface area contributed by atoms with Crippen LogP contribution in [-0.4, -0.2) is 6.29 Å². The van der Waals surface area contributed by atoms with E-state index in [-0.39, 0.29) is 12.2 Å². The summed E-state index contributed by atoms with van der Waals surface area (Å²) >= 11 is 0. The van der Waals surface area contributed by atoms with Crippen molar-refractivity contribution in [1.29, 1.82) is 0 Å². The summed E-state index contributed by atoms with van der Waals surface area (Å²) in [5.41, 5.74) is 3.73. The van der Waals surface area contributed by atoms with Gasteiger partial charge in [-0.05, 0) is 47.1 Å². The van der Waals surface area contributed by atoms with Gasteiger partial charge in [0.15, 0.2) is 0 Å². The third-order valence-corrected chi connectivity index (χ3v) is 5.77. The fourth-order valence-electron chi connectivity index (χ4n) is 3.74. The van der Waals surface area contributed by atoms with Gasteiger partial charge in [0, 0.05) is 5.92 Å². The van der Waals surface area contributed by atoms with Gasteiger partial charge in [-0.1, -0.05) is 100 Å². The largest absolute Gasteiger partial charge is 0.464 e. The number of ether oxygens (including phenoxy) is 2. The molecule has 0 saturated carbocycles. The van der Waals surface area contributed by atoms with Crippen molar-refractivity contribution in [2.24, 2.45) is 5.92 Å². The first-order valence-corrected chi connectivity index (χ1v) is 11.1. The molecule has 3 aromatic carbocycles. The third kappa shape index (κ3) is 5.96. The van der Waals surface area contributed by atoms with Gasteiger partial charge in [-0.25, -0.2) is 0 Å². The first kappa shape index (κ1) is 22.1. The number of hydrogen-bond acceptors (Lipinski definition) is 2. The Balaban J connectivity index is 1.84. The van der Waals surface area contributed by atoms with Gasteiger partial charge in [-0.3, -0.25) is 0 Å². The maximum absolute atomic E-state index is 6.46. The minimum absolute atomic E-state index is 0.129. The Morgan fingerprint density at radius 3 is 1.87 bits per heavy atom. The van der Waals surface area contributed by atoms with Crippen LogP contribution in [0.1, 0.15) is 62.6 Å². The topological polar surface area (TPSA) is 18.5 Å². The zero-order chi connectivity index (χ0) is 21.3. The molecule has 3 rings (SSSR count). The Morgan fingerprint density at radius 2 is 1.30 bits per heavy atom. The Kier molecular flexibility index (Phi) is 8.10. The van der Waals surface area contributed by atoms with E-state index in [9.17, 15) is 0 Å². The van der Waals surface area contributed by atoms with Crippen molar-refractivity contribution in [3.8, 4) is 5.75 Å². The van der Waals surface area contributed by atoms with E-state index in [2.05, 4.69) is 94.4 Å². The highest BCUT2D eigenvalue weighted by molar-refractivity contribution is 5.30. The standard InChI is InChI=1S/C28H34O2/c1-5-22(4)24-16-18-26(19-17-24)30-28(29-20-23-12-8-6-9-13-23)27(21(2)3)25-14-10-7-11-15-25/h6-19,21-22,27-28H,5,20H2,1-4H3. The van der Waals surface area contributed by atoms with E-state index < -0.39 is 0 Å². The molecule has 0 fully saturated rings. The fraction of sp³-hybridized carbons (Fsp3) is 0.357. The predicted octanol–water partition coefficient (Wildman–Crippen LogP) is 7.56. The SMILES string of the molecule is CCC(C)c1ccc(OC(OCc2ccccc2)C(c2ccccc2)C(C)C)cc1. The van der Waals surface area contributed by atoms with Crippen molar-refractivity contribution in [3.63, 3.8) is 0 Å². The Bertz CT molecular complexity index is 856. The lowest BCUT2D eigenvalue weighted by Gasteiger charge is -2.31. The molecule has 0 N–H and O–H groups in total. The number of hydrogen-bond donors (Lipinski definition) is 0. The molecule has 2 nitrogen and oxygen atoms in total. The number of benzene rings is 3. The average Bonchev–Trinajstić information content (AvgIpc) is 2.78.